The fraction of sp³-hybridized carbons (Fsp3) is 0.350. The molecule has 11 nitrogen and oxygen atoms in total. The minimum absolute atomic E-state index is 0.00415. The Balaban J connectivity index is 2.11. The Hall–Kier alpha value is -3.73. The van der Waals surface area contributed by atoms with Crippen molar-refractivity contribution in [1.29, 1.82) is 0 Å². The van der Waals surface area contributed by atoms with E-state index in [-0.39, 0.29) is 30.6 Å². The largest absolute Gasteiger partial charge is 0.513 e. The van der Waals surface area contributed by atoms with E-state index in [1.165, 1.54) is 13.2 Å². The third kappa shape index (κ3) is 4.72. The van der Waals surface area contributed by atoms with Crippen LogP contribution >= 0.6 is 0 Å². The third-order valence-corrected chi connectivity index (χ3v) is 4.60. The monoisotopic (exact) mass is 430 g/mol. The fourth-order valence-corrected chi connectivity index (χ4v) is 3.32. The van der Waals surface area contributed by atoms with Crippen molar-refractivity contribution in [3.63, 3.8) is 0 Å². The van der Waals surface area contributed by atoms with Crippen molar-refractivity contribution in [2.75, 3.05) is 20.3 Å². The maximum absolute atomic E-state index is 12.3. The molecule has 11 heteroatoms. The molecule has 0 spiro atoms. The molecule has 0 bridgehead atoms. The summed E-state index contributed by atoms with van der Waals surface area (Å²) in [5.74, 6) is -0.179. The molecule has 3 rings (SSSR count). The van der Waals surface area contributed by atoms with Crippen LogP contribution in [0.4, 0.5) is 10.5 Å². The Morgan fingerprint density at radius 3 is 2.61 bits per heavy atom. The molecule has 0 radical (unpaired) electrons. The number of ether oxygens (including phenoxy) is 3. The molecule has 1 unspecified atom stereocenters. The van der Waals surface area contributed by atoms with Crippen LogP contribution in [-0.4, -0.2) is 41.5 Å². The quantitative estimate of drug-likeness (QED) is 0.301. The highest BCUT2D eigenvalue weighted by atomic mass is 16.7. The van der Waals surface area contributed by atoms with E-state index in [0.29, 0.717) is 28.4 Å². The highest BCUT2D eigenvalue weighted by Crippen LogP contribution is 2.45. The molecule has 1 aliphatic heterocycles. The number of benzene rings is 1. The first-order chi connectivity index (χ1) is 14.8. The van der Waals surface area contributed by atoms with Gasteiger partial charge in [-0.05, 0) is 20.8 Å². The van der Waals surface area contributed by atoms with Crippen molar-refractivity contribution in [2.45, 2.75) is 26.7 Å². The topological polar surface area (TPSA) is 139 Å². The number of aromatic nitrogens is 2. The molecule has 2 heterocycles. The second-order valence-corrected chi connectivity index (χ2v) is 6.74. The van der Waals surface area contributed by atoms with Gasteiger partial charge in [0.2, 0.25) is 0 Å². The zero-order valence-electron chi connectivity index (χ0n) is 17.5. The molecule has 0 saturated carbocycles. The summed E-state index contributed by atoms with van der Waals surface area (Å²) in [6.07, 6.45) is -0.961. The van der Waals surface area contributed by atoms with E-state index in [1.807, 2.05) is 0 Å². The first kappa shape index (κ1) is 22.0. The molecule has 1 aromatic carbocycles. The minimum atomic E-state index is -0.961. The van der Waals surface area contributed by atoms with Crippen molar-refractivity contribution in [3.05, 3.63) is 68.8 Å². The van der Waals surface area contributed by atoms with Gasteiger partial charge in [-0.2, -0.15) is 4.98 Å². The molecule has 164 valence electrons. The maximum Gasteiger partial charge on any atom is 0.513 e. The van der Waals surface area contributed by atoms with E-state index in [4.69, 9.17) is 18.7 Å². The fourth-order valence-electron chi connectivity index (χ4n) is 3.32. The van der Waals surface area contributed by atoms with Crippen LogP contribution in [0.3, 0.4) is 0 Å². The third-order valence-electron chi connectivity index (χ3n) is 4.60. The van der Waals surface area contributed by atoms with Gasteiger partial charge in [0.1, 0.15) is 12.4 Å². The highest BCUT2D eigenvalue weighted by Gasteiger charge is 2.39. The number of allylic oxidation sites excluding steroid dienone is 3. The van der Waals surface area contributed by atoms with Crippen molar-refractivity contribution >= 4 is 17.4 Å². The number of nitro benzene ring substituents is 1. The van der Waals surface area contributed by atoms with Gasteiger partial charge >= 0.3 is 6.16 Å². The van der Waals surface area contributed by atoms with Gasteiger partial charge in [-0.15, -0.1) is 0 Å². The van der Waals surface area contributed by atoms with Gasteiger partial charge in [-0.25, -0.2) is 4.79 Å². The van der Waals surface area contributed by atoms with Crippen LogP contribution < -0.4 is 5.32 Å². The molecule has 2 aromatic rings. The zero-order chi connectivity index (χ0) is 22.5. The second kappa shape index (κ2) is 9.39. The van der Waals surface area contributed by atoms with Crippen molar-refractivity contribution in [3.8, 4) is 0 Å². The number of carbonyl (C=O) groups excluding carboxylic acids is 1. The molecule has 0 amide bonds. The Kier molecular flexibility index (Phi) is 6.65. The van der Waals surface area contributed by atoms with Crippen LogP contribution in [0, 0.1) is 17.0 Å². The zero-order valence-corrected chi connectivity index (χ0v) is 17.5. The Morgan fingerprint density at radius 1 is 1.23 bits per heavy atom. The van der Waals surface area contributed by atoms with Gasteiger partial charge in [-0.3, -0.25) is 10.1 Å². The Labute approximate surface area is 177 Å². The number of para-hydroxylation sites is 1. The Bertz CT molecular complexity index is 1060. The normalized spacial score (nSPS) is 16.2. The van der Waals surface area contributed by atoms with Gasteiger partial charge in [0, 0.05) is 24.4 Å². The summed E-state index contributed by atoms with van der Waals surface area (Å²) in [7, 11) is 1.48. The summed E-state index contributed by atoms with van der Waals surface area (Å²) in [6, 6.07) is 6.21. The van der Waals surface area contributed by atoms with E-state index < -0.39 is 17.0 Å². The number of nitrogens with zero attached hydrogens (tertiary/aromatic N) is 3. The number of nitrogens with one attached hydrogen (secondary N) is 1. The van der Waals surface area contributed by atoms with Crippen molar-refractivity contribution < 1.29 is 28.5 Å². The number of rotatable bonds is 7. The molecular formula is C20H22N4O7. The van der Waals surface area contributed by atoms with Gasteiger partial charge in [0.15, 0.2) is 5.82 Å². The standard InChI is InChI=1S/C20H22N4O7/c1-11-16(19-22-13(3)23-31-19)17(14-7-5-6-8-15(14)24(26)27)18(12(2)21-11)30-20(25)29-10-9-28-4/h5-8,17,21H,9-10H2,1-4H3. The number of hydrogen-bond acceptors (Lipinski definition) is 10. The first-order valence-corrected chi connectivity index (χ1v) is 9.39. The molecule has 1 N–H and O–H groups in total. The molecular weight excluding hydrogens is 408 g/mol. The van der Waals surface area contributed by atoms with E-state index in [9.17, 15) is 14.9 Å². The number of hydrogen-bond donors (Lipinski definition) is 1. The molecule has 0 saturated heterocycles. The lowest BCUT2D eigenvalue weighted by molar-refractivity contribution is -0.385. The average Bonchev–Trinajstić information content (AvgIpc) is 3.15. The van der Waals surface area contributed by atoms with Crippen LogP contribution in [0.1, 0.15) is 37.0 Å². The first-order valence-electron chi connectivity index (χ1n) is 9.39. The van der Waals surface area contributed by atoms with Gasteiger partial charge in [0.05, 0.1) is 28.7 Å². The summed E-state index contributed by atoms with van der Waals surface area (Å²) in [4.78, 5) is 27.8. The number of aryl methyl sites for hydroxylation is 1. The highest BCUT2D eigenvalue weighted by molar-refractivity contribution is 5.77. The summed E-state index contributed by atoms with van der Waals surface area (Å²) < 4.78 is 20.7. The van der Waals surface area contributed by atoms with E-state index >= 15 is 0 Å². The van der Waals surface area contributed by atoms with Gasteiger partial charge in [-0.1, -0.05) is 23.4 Å². The summed E-state index contributed by atoms with van der Waals surface area (Å²) >= 11 is 0. The summed E-state index contributed by atoms with van der Waals surface area (Å²) in [6.45, 7) is 5.32. The molecule has 1 atom stereocenters. The molecule has 0 aliphatic carbocycles. The van der Waals surface area contributed by atoms with Crippen LogP contribution in [0.5, 0.6) is 0 Å². The predicted octanol–water partition coefficient (Wildman–Crippen LogP) is 3.44. The SMILES string of the molecule is COCCOC(=O)OC1=C(C)NC(C)=C(c2nc(C)no2)C1c1ccccc1[N+](=O)[O-]. The average molecular weight is 430 g/mol. The van der Waals surface area contributed by atoms with Crippen LogP contribution in [0.2, 0.25) is 0 Å². The maximum atomic E-state index is 12.3. The van der Waals surface area contributed by atoms with Crippen LogP contribution in [0.15, 0.2) is 45.9 Å². The molecule has 1 aromatic heterocycles. The number of dihydropyridines is 1. The molecule has 0 fully saturated rings. The minimum Gasteiger partial charge on any atom is -0.432 e. The van der Waals surface area contributed by atoms with Crippen molar-refractivity contribution in [2.24, 2.45) is 0 Å². The molecule has 1 aliphatic rings. The predicted molar refractivity (Wildman–Crippen MR) is 108 cm³/mol. The smallest absolute Gasteiger partial charge is 0.432 e. The lowest BCUT2D eigenvalue weighted by Gasteiger charge is -2.29. The van der Waals surface area contributed by atoms with E-state index in [1.54, 1.807) is 39.0 Å². The number of carbonyl (C=O) groups is 1. The van der Waals surface area contributed by atoms with Crippen molar-refractivity contribution in [1.82, 2.24) is 15.5 Å². The number of methoxy groups -OCH3 is 1. The lowest BCUT2D eigenvalue weighted by Crippen LogP contribution is -2.27. The van der Waals surface area contributed by atoms with E-state index in [0.717, 1.165) is 0 Å². The number of nitro groups is 1. The van der Waals surface area contributed by atoms with E-state index in [2.05, 4.69) is 15.5 Å². The van der Waals surface area contributed by atoms with Crippen LogP contribution in [0.25, 0.3) is 5.57 Å². The lowest BCUT2D eigenvalue weighted by atomic mass is 9.84. The summed E-state index contributed by atoms with van der Waals surface area (Å²) in [5.41, 5.74) is 1.74. The van der Waals surface area contributed by atoms with Crippen LogP contribution in [-0.2, 0) is 14.2 Å². The Morgan fingerprint density at radius 2 is 1.97 bits per heavy atom. The summed E-state index contributed by atoms with van der Waals surface area (Å²) in [5, 5.41) is 18.7. The second-order valence-electron chi connectivity index (χ2n) is 6.74. The van der Waals surface area contributed by atoms with Gasteiger partial charge < -0.3 is 24.1 Å². The van der Waals surface area contributed by atoms with Gasteiger partial charge in [0.25, 0.3) is 11.6 Å². The molecule has 31 heavy (non-hydrogen) atoms.